The predicted octanol–water partition coefficient (Wildman–Crippen LogP) is 3.88. The molecule has 2 aromatic rings. The van der Waals surface area contributed by atoms with E-state index < -0.39 is 0 Å². The topological polar surface area (TPSA) is 56.8 Å². The zero-order chi connectivity index (χ0) is 18.2. The standard InChI is InChI=1S/C18H19Cl2NO4/c1-12-3-5-16(17(9-12)23-2)24-8-7-21-18(22)11-25-15-6-4-13(19)10-14(15)20/h3-6,9-10H,7-8,11H2,1-2H3,(H,21,22). The highest BCUT2D eigenvalue weighted by Gasteiger charge is 2.07. The van der Waals surface area contributed by atoms with Crippen LogP contribution in [0.4, 0.5) is 0 Å². The quantitative estimate of drug-likeness (QED) is 0.702. The number of carbonyl (C=O) groups is 1. The molecule has 2 rings (SSSR count). The average Bonchev–Trinajstić information content (AvgIpc) is 2.58. The number of rotatable bonds is 8. The van der Waals surface area contributed by atoms with Crippen LogP contribution in [-0.2, 0) is 4.79 Å². The van der Waals surface area contributed by atoms with Gasteiger partial charge >= 0.3 is 0 Å². The van der Waals surface area contributed by atoms with Crippen LogP contribution in [0, 0.1) is 6.92 Å². The maximum atomic E-state index is 11.8. The Labute approximate surface area is 156 Å². The lowest BCUT2D eigenvalue weighted by Gasteiger charge is -2.12. The summed E-state index contributed by atoms with van der Waals surface area (Å²) in [5.74, 6) is 1.42. The Morgan fingerprint density at radius 2 is 1.80 bits per heavy atom. The molecule has 0 saturated heterocycles. The molecule has 0 aliphatic heterocycles. The van der Waals surface area contributed by atoms with Gasteiger partial charge in [-0.3, -0.25) is 4.79 Å². The van der Waals surface area contributed by atoms with Crippen LogP contribution in [0.3, 0.4) is 0 Å². The zero-order valence-electron chi connectivity index (χ0n) is 14.0. The van der Waals surface area contributed by atoms with E-state index in [1.54, 1.807) is 25.3 Å². The molecule has 0 aromatic heterocycles. The number of hydrogen-bond acceptors (Lipinski definition) is 4. The third-order valence-electron chi connectivity index (χ3n) is 3.25. The van der Waals surface area contributed by atoms with Crippen molar-refractivity contribution in [3.63, 3.8) is 0 Å². The number of amides is 1. The van der Waals surface area contributed by atoms with Gasteiger partial charge in [0.05, 0.1) is 18.7 Å². The molecule has 0 heterocycles. The molecule has 1 amide bonds. The van der Waals surface area contributed by atoms with Gasteiger partial charge in [-0.05, 0) is 42.8 Å². The first-order valence-corrected chi connectivity index (χ1v) is 8.37. The molecule has 0 fully saturated rings. The van der Waals surface area contributed by atoms with Crippen LogP contribution >= 0.6 is 23.2 Å². The van der Waals surface area contributed by atoms with Gasteiger partial charge in [-0.15, -0.1) is 0 Å². The number of carbonyl (C=O) groups excluding carboxylic acids is 1. The largest absolute Gasteiger partial charge is 0.493 e. The van der Waals surface area contributed by atoms with Crippen molar-refractivity contribution >= 4 is 29.1 Å². The number of benzene rings is 2. The van der Waals surface area contributed by atoms with Crippen molar-refractivity contribution in [1.29, 1.82) is 0 Å². The van der Waals surface area contributed by atoms with Crippen LogP contribution in [0.5, 0.6) is 17.2 Å². The third-order valence-corrected chi connectivity index (χ3v) is 3.78. The van der Waals surface area contributed by atoms with Crippen molar-refractivity contribution in [1.82, 2.24) is 5.32 Å². The molecule has 7 heteroatoms. The number of ether oxygens (including phenoxy) is 3. The van der Waals surface area contributed by atoms with Crippen LogP contribution in [0.15, 0.2) is 36.4 Å². The molecule has 0 spiro atoms. The van der Waals surface area contributed by atoms with Gasteiger partial charge in [0.2, 0.25) is 0 Å². The summed E-state index contributed by atoms with van der Waals surface area (Å²) in [6, 6.07) is 10.5. The van der Waals surface area contributed by atoms with E-state index in [1.165, 1.54) is 0 Å². The second-order valence-electron chi connectivity index (χ2n) is 5.22. The summed E-state index contributed by atoms with van der Waals surface area (Å²) in [6.07, 6.45) is 0. The van der Waals surface area contributed by atoms with E-state index in [2.05, 4.69) is 5.32 Å². The second-order valence-corrected chi connectivity index (χ2v) is 6.06. The Balaban J connectivity index is 1.72. The van der Waals surface area contributed by atoms with Crippen molar-refractivity contribution in [2.75, 3.05) is 26.9 Å². The van der Waals surface area contributed by atoms with Gasteiger partial charge in [0.25, 0.3) is 5.91 Å². The van der Waals surface area contributed by atoms with E-state index in [0.717, 1.165) is 5.56 Å². The molecule has 134 valence electrons. The fourth-order valence-electron chi connectivity index (χ4n) is 2.03. The molecule has 0 radical (unpaired) electrons. The van der Waals surface area contributed by atoms with Crippen molar-refractivity contribution < 1.29 is 19.0 Å². The van der Waals surface area contributed by atoms with Gasteiger partial charge in [-0.1, -0.05) is 29.3 Å². The minimum atomic E-state index is -0.273. The van der Waals surface area contributed by atoms with Crippen molar-refractivity contribution in [3.05, 3.63) is 52.0 Å². The second kappa shape index (κ2) is 9.39. The van der Waals surface area contributed by atoms with E-state index in [4.69, 9.17) is 37.4 Å². The maximum absolute atomic E-state index is 11.8. The number of aryl methyl sites for hydroxylation is 1. The Morgan fingerprint density at radius 3 is 2.52 bits per heavy atom. The average molecular weight is 384 g/mol. The molecule has 2 aromatic carbocycles. The number of hydrogen-bond donors (Lipinski definition) is 1. The molecule has 5 nitrogen and oxygen atoms in total. The van der Waals surface area contributed by atoms with Gasteiger partial charge in [0.1, 0.15) is 12.4 Å². The Kier molecular flexibility index (Phi) is 7.22. The molecule has 0 aliphatic rings. The van der Waals surface area contributed by atoms with Gasteiger partial charge in [-0.2, -0.15) is 0 Å². The summed E-state index contributed by atoms with van der Waals surface area (Å²) in [4.78, 5) is 11.8. The van der Waals surface area contributed by atoms with Gasteiger partial charge in [0, 0.05) is 5.02 Å². The maximum Gasteiger partial charge on any atom is 0.258 e. The Morgan fingerprint density at radius 1 is 1.04 bits per heavy atom. The SMILES string of the molecule is COc1cc(C)ccc1OCCNC(=O)COc1ccc(Cl)cc1Cl. The third kappa shape index (κ3) is 6.03. The highest BCUT2D eigenvalue weighted by molar-refractivity contribution is 6.35. The number of methoxy groups -OCH3 is 1. The first-order chi connectivity index (χ1) is 12.0. The summed E-state index contributed by atoms with van der Waals surface area (Å²) in [5.41, 5.74) is 1.08. The van der Waals surface area contributed by atoms with Crippen molar-refractivity contribution in [2.45, 2.75) is 6.92 Å². The molecule has 0 aliphatic carbocycles. The van der Waals surface area contributed by atoms with Crippen LogP contribution in [0.1, 0.15) is 5.56 Å². The molecule has 1 N–H and O–H groups in total. The van der Waals surface area contributed by atoms with Gasteiger partial charge in [0.15, 0.2) is 18.1 Å². The van der Waals surface area contributed by atoms with E-state index >= 15 is 0 Å². The van der Waals surface area contributed by atoms with Crippen molar-refractivity contribution in [2.24, 2.45) is 0 Å². The van der Waals surface area contributed by atoms with Crippen LogP contribution in [-0.4, -0.2) is 32.8 Å². The van der Waals surface area contributed by atoms with Gasteiger partial charge < -0.3 is 19.5 Å². The van der Waals surface area contributed by atoms with E-state index in [1.807, 2.05) is 25.1 Å². The van der Waals surface area contributed by atoms with E-state index in [0.29, 0.717) is 40.4 Å². The predicted molar refractivity (Wildman–Crippen MR) is 98.2 cm³/mol. The molecule has 0 bridgehead atoms. The molecular formula is C18H19Cl2NO4. The van der Waals surface area contributed by atoms with Crippen LogP contribution in [0.2, 0.25) is 10.0 Å². The van der Waals surface area contributed by atoms with E-state index in [9.17, 15) is 4.79 Å². The summed E-state index contributed by atoms with van der Waals surface area (Å²) in [5, 5.41) is 3.57. The van der Waals surface area contributed by atoms with Crippen LogP contribution in [0.25, 0.3) is 0 Å². The molecule has 0 unspecified atom stereocenters. The fourth-order valence-corrected chi connectivity index (χ4v) is 2.50. The fraction of sp³-hybridized carbons (Fsp3) is 0.278. The van der Waals surface area contributed by atoms with Crippen molar-refractivity contribution in [3.8, 4) is 17.2 Å². The van der Waals surface area contributed by atoms with Gasteiger partial charge in [-0.25, -0.2) is 0 Å². The lowest BCUT2D eigenvalue weighted by Crippen LogP contribution is -2.32. The minimum absolute atomic E-state index is 0.144. The lowest BCUT2D eigenvalue weighted by atomic mass is 10.2. The zero-order valence-corrected chi connectivity index (χ0v) is 15.5. The summed E-state index contributed by atoms with van der Waals surface area (Å²) < 4.78 is 16.2. The first kappa shape index (κ1) is 19.2. The Hall–Kier alpha value is -2.11. The first-order valence-electron chi connectivity index (χ1n) is 7.61. The Bertz CT molecular complexity index is 737. The summed E-state index contributed by atoms with van der Waals surface area (Å²) in [7, 11) is 1.59. The molecule has 0 atom stereocenters. The minimum Gasteiger partial charge on any atom is -0.493 e. The smallest absolute Gasteiger partial charge is 0.258 e. The number of nitrogens with one attached hydrogen (secondary N) is 1. The van der Waals surface area contributed by atoms with E-state index in [-0.39, 0.29) is 12.5 Å². The monoisotopic (exact) mass is 383 g/mol. The highest BCUT2D eigenvalue weighted by Crippen LogP contribution is 2.28. The lowest BCUT2D eigenvalue weighted by molar-refractivity contribution is -0.123. The highest BCUT2D eigenvalue weighted by atomic mass is 35.5. The summed E-state index contributed by atoms with van der Waals surface area (Å²) >= 11 is 11.8. The molecule has 25 heavy (non-hydrogen) atoms. The normalized spacial score (nSPS) is 10.2. The van der Waals surface area contributed by atoms with Crippen LogP contribution < -0.4 is 19.5 Å². The summed E-state index contributed by atoms with van der Waals surface area (Å²) in [6.45, 7) is 2.48. The molecular weight excluding hydrogens is 365 g/mol. The molecule has 0 saturated carbocycles. The number of halogens is 2.